The first-order valence-electron chi connectivity index (χ1n) is 14.6. The van der Waals surface area contributed by atoms with Crippen molar-refractivity contribution in [1.29, 1.82) is 0 Å². The van der Waals surface area contributed by atoms with Gasteiger partial charge in [0.2, 0.25) is 5.91 Å². The minimum Gasteiger partial charge on any atom is -0.494 e. The van der Waals surface area contributed by atoms with E-state index in [9.17, 15) is 9.59 Å². The summed E-state index contributed by atoms with van der Waals surface area (Å²) in [6, 6.07) is 15.9. The van der Waals surface area contributed by atoms with E-state index in [0.29, 0.717) is 6.61 Å². The average Bonchev–Trinajstić information content (AvgIpc) is 2.94. The molecule has 0 N–H and O–H groups in total. The Morgan fingerprint density at radius 1 is 0.865 bits per heavy atom. The predicted molar refractivity (Wildman–Crippen MR) is 146 cm³/mol. The molecule has 5 rings (SSSR count). The van der Waals surface area contributed by atoms with Crippen molar-refractivity contribution in [3.8, 4) is 5.75 Å². The highest BCUT2D eigenvalue weighted by Gasteiger charge is 2.46. The highest BCUT2D eigenvalue weighted by molar-refractivity contribution is 5.96. The van der Waals surface area contributed by atoms with Crippen molar-refractivity contribution in [2.75, 3.05) is 13.2 Å². The molecule has 3 aliphatic rings. The van der Waals surface area contributed by atoms with E-state index in [1.54, 1.807) is 0 Å². The molecular formula is C32H42N2O3. The highest BCUT2D eigenvalue weighted by atomic mass is 16.5. The van der Waals surface area contributed by atoms with Gasteiger partial charge in [0, 0.05) is 6.04 Å². The van der Waals surface area contributed by atoms with Gasteiger partial charge in [-0.1, -0.05) is 81.8 Å². The number of carbonyl (C=O) groups is 2. The molecule has 5 nitrogen and oxygen atoms in total. The number of benzene rings is 2. The van der Waals surface area contributed by atoms with Gasteiger partial charge in [0.15, 0.2) is 0 Å². The molecule has 2 atom stereocenters. The fourth-order valence-electron chi connectivity index (χ4n) is 6.57. The Kier molecular flexibility index (Phi) is 8.48. The minimum atomic E-state index is -0.585. The molecule has 2 aromatic rings. The molecule has 5 heteroatoms. The Labute approximate surface area is 222 Å². The van der Waals surface area contributed by atoms with Crippen molar-refractivity contribution >= 4 is 11.8 Å². The Morgan fingerprint density at radius 2 is 1.65 bits per heavy atom. The first kappa shape index (κ1) is 25.8. The number of rotatable bonds is 9. The summed E-state index contributed by atoms with van der Waals surface area (Å²) in [7, 11) is 0. The molecule has 0 radical (unpaired) electrons. The van der Waals surface area contributed by atoms with Crippen molar-refractivity contribution in [1.82, 2.24) is 9.80 Å². The fourth-order valence-corrected chi connectivity index (χ4v) is 6.57. The van der Waals surface area contributed by atoms with Gasteiger partial charge in [-0.2, -0.15) is 0 Å². The molecule has 1 saturated carbocycles. The second-order valence-electron chi connectivity index (χ2n) is 11.0. The molecule has 0 aromatic heterocycles. The molecule has 1 heterocycles. The third-order valence-electron chi connectivity index (χ3n) is 8.54. The standard InChI is InChI=1S/C32H42N2O3/c1-2-3-4-10-22-37-27-20-18-25(19-21-27)31-32(36)33(26-14-6-5-7-15-26)23-30(35)34(31)29-17-11-13-24-12-8-9-16-28(24)29/h8-9,12,16,18-21,26,29,31H,2-7,10-11,13-15,17,22-23H2,1H3/t29-,31+/m0/s1. The van der Waals surface area contributed by atoms with E-state index >= 15 is 0 Å². The predicted octanol–water partition coefficient (Wildman–Crippen LogP) is 6.77. The van der Waals surface area contributed by atoms with Crippen LogP contribution in [0.25, 0.3) is 0 Å². The van der Waals surface area contributed by atoms with Crippen LogP contribution in [0.15, 0.2) is 48.5 Å². The fraction of sp³-hybridized carbons (Fsp3) is 0.562. The van der Waals surface area contributed by atoms with Crippen LogP contribution in [0.5, 0.6) is 5.75 Å². The normalized spacial score (nSPS) is 22.7. The molecule has 0 unspecified atom stereocenters. The van der Waals surface area contributed by atoms with Crippen molar-refractivity contribution in [3.63, 3.8) is 0 Å². The lowest BCUT2D eigenvalue weighted by Crippen LogP contribution is -2.59. The summed E-state index contributed by atoms with van der Waals surface area (Å²) in [6.07, 6.45) is 13.1. The first-order chi connectivity index (χ1) is 18.2. The number of ether oxygens (including phenoxy) is 1. The van der Waals surface area contributed by atoms with Crippen molar-refractivity contribution in [2.45, 2.75) is 102 Å². The van der Waals surface area contributed by atoms with Gasteiger partial charge in [0.1, 0.15) is 18.3 Å². The summed E-state index contributed by atoms with van der Waals surface area (Å²) in [5, 5.41) is 0. The topological polar surface area (TPSA) is 49.9 Å². The lowest BCUT2D eigenvalue weighted by Gasteiger charge is -2.48. The smallest absolute Gasteiger partial charge is 0.250 e. The molecule has 2 fully saturated rings. The van der Waals surface area contributed by atoms with Crippen LogP contribution in [-0.4, -0.2) is 40.8 Å². The lowest BCUT2D eigenvalue weighted by atomic mass is 9.84. The third-order valence-corrected chi connectivity index (χ3v) is 8.54. The zero-order valence-electron chi connectivity index (χ0n) is 22.4. The third kappa shape index (κ3) is 5.71. The minimum absolute atomic E-state index is 0.0607. The van der Waals surface area contributed by atoms with E-state index in [1.165, 1.54) is 36.8 Å². The maximum atomic E-state index is 14.2. The Hall–Kier alpha value is -2.82. The number of fused-ring (bicyclic) bond motifs is 1. The van der Waals surface area contributed by atoms with Crippen LogP contribution in [0.3, 0.4) is 0 Å². The van der Waals surface area contributed by atoms with Crippen molar-refractivity contribution < 1.29 is 14.3 Å². The van der Waals surface area contributed by atoms with Gasteiger partial charge < -0.3 is 14.5 Å². The van der Waals surface area contributed by atoms with Gasteiger partial charge in [0.25, 0.3) is 5.91 Å². The Morgan fingerprint density at radius 3 is 2.43 bits per heavy atom. The number of amides is 2. The van der Waals surface area contributed by atoms with Gasteiger partial charge in [0.05, 0.1) is 12.6 Å². The van der Waals surface area contributed by atoms with Crippen LogP contribution < -0.4 is 4.74 Å². The summed E-state index contributed by atoms with van der Waals surface area (Å²) in [6.45, 7) is 3.12. The molecule has 0 bridgehead atoms. The van der Waals surface area contributed by atoms with E-state index in [1.807, 2.05) is 34.1 Å². The molecule has 37 heavy (non-hydrogen) atoms. The molecule has 2 aliphatic carbocycles. The quantitative estimate of drug-likeness (QED) is 0.356. The monoisotopic (exact) mass is 502 g/mol. The SMILES string of the molecule is CCCCCCOc1ccc([C@@H]2C(=O)N(C3CCCCC3)CC(=O)N2[C@H]2CCCc3ccccc32)cc1. The highest BCUT2D eigenvalue weighted by Crippen LogP contribution is 2.42. The van der Waals surface area contributed by atoms with E-state index in [-0.39, 0.29) is 30.4 Å². The van der Waals surface area contributed by atoms with Crippen LogP contribution in [0.4, 0.5) is 0 Å². The zero-order valence-corrected chi connectivity index (χ0v) is 22.4. The van der Waals surface area contributed by atoms with Crippen LogP contribution in [0, 0.1) is 0 Å². The Balaban J connectivity index is 1.43. The van der Waals surface area contributed by atoms with E-state index < -0.39 is 6.04 Å². The van der Waals surface area contributed by atoms with Crippen LogP contribution >= 0.6 is 0 Å². The van der Waals surface area contributed by atoms with Crippen LogP contribution in [0.2, 0.25) is 0 Å². The summed E-state index contributed by atoms with van der Waals surface area (Å²) < 4.78 is 5.97. The molecule has 2 aromatic carbocycles. The van der Waals surface area contributed by atoms with Gasteiger partial charge in [-0.15, -0.1) is 0 Å². The Bertz CT molecular complexity index is 1060. The lowest BCUT2D eigenvalue weighted by molar-refractivity contribution is -0.162. The number of nitrogens with zero attached hydrogens (tertiary/aromatic N) is 2. The van der Waals surface area contributed by atoms with Crippen molar-refractivity contribution in [2.24, 2.45) is 0 Å². The van der Waals surface area contributed by atoms with E-state index in [4.69, 9.17) is 4.74 Å². The number of piperazine rings is 1. The van der Waals surface area contributed by atoms with Crippen LogP contribution in [0.1, 0.15) is 106 Å². The van der Waals surface area contributed by atoms with Crippen LogP contribution in [-0.2, 0) is 16.0 Å². The number of hydrogen-bond donors (Lipinski definition) is 0. The van der Waals surface area contributed by atoms with Crippen molar-refractivity contribution in [3.05, 3.63) is 65.2 Å². The van der Waals surface area contributed by atoms with E-state index in [2.05, 4.69) is 31.2 Å². The van der Waals surface area contributed by atoms with Gasteiger partial charge >= 0.3 is 0 Å². The molecule has 198 valence electrons. The molecular weight excluding hydrogens is 460 g/mol. The summed E-state index contributed by atoms with van der Waals surface area (Å²) >= 11 is 0. The summed E-state index contributed by atoms with van der Waals surface area (Å²) in [5.41, 5.74) is 3.40. The second-order valence-corrected chi connectivity index (χ2v) is 11.0. The number of unbranched alkanes of at least 4 members (excludes halogenated alkanes) is 3. The molecule has 0 spiro atoms. The maximum absolute atomic E-state index is 14.2. The average molecular weight is 503 g/mol. The maximum Gasteiger partial charge on any atom is 0.250 e. The number of aryl methyl sites for hydroxylation is 1. The summed E-state index contributed by atoms with van der Waals surface area (Å²) in [5.74, 6) is 0.990. The number of carbonyl (C=O) groups excluding carboxylic acids is 2. The van der Waals surface area contributed by atoms with Gasteiger partial charge in [-0.05, 0) is 67.3 Å². The van der Waals surface area contributed by atoms with E-state index in [0.717, 1.165) is 62.7 Å². The molecule has 1 aliphatic heterocycles. The zero-order chi connectivity index (χ0) is 25.6. The second kappa shape index (κ2) is 12.1. The summed E-state index contributed by atoms with van der Waals surface area (Å²) in [4.78, 5) is 31.9. The largest absolute Gasteiger partial charge is 0.494 e. The number of hydrogen-bond acceptors (Lipinski definition) is 3. The molecule has 2 amide bonds. The first-order valence-corrected chi connectivity index (χ1v) is 14.6. The molecule has 1 saturated heterocycles. The van der Waals surface area contributed by atoms with Gasteiger partial charge in [-0.25, -0.2) is 0 Å². The van der Waals surface area contributed by atoms with Gasteiger partial charge in [-0.3, -0.25) is 9.59 Å².